The van der Waals surface area contributed by atoms with Crippen molar-refractivity contribution < 1.29 is 14.4 Å². The Morgan fingerprint density at radius 1 is 0.921 bits per heavy atom. The number of nitrogens with one attached hydrogen (secondary N) is 1. The van der Waals surface area contributed by atoms with Crippen molar-refractivity contribution in [2.45, 2.75) is 31.3 Å². The summed E-state index contributed by atoms with van der Waals surface area (Å²) >= 11 is 5.98. The molecule has 2 saturated heterocycles. The number of carbonyl (C=O) groups excluding carboxylic acids is 3. The van der Waals surface area contributed by atoms with E-state index in [-0.39, 0.29) is 30.3 Å². The molecule has 3 aromatic carbocycles. The average molecular weight is 531 g/mol. The van der Waals surface area contributed by atoms with Gasteiger partial charge in [-0.2, -0.15) is 0 Å². The number of hydrogen-bond acceptors (Lipinski definition) is 4. The number of para-hydroxylation sites is 1. The molecule has 8 heteroatoms. The Kier molecular flexibility index (Phi) is 7.38. The van der Waals surface area contributed by atoms with Crippen LogP contribution in [0.25, 0.3) is 0 Å². The number of rotatable bonds is 6. The van der Waals surface area contributed by atoms with E-state index in [4.69, 9.17) is 11.6 Å². The number of halogens is 1. The highest BCUT2D eigenvalue weighted by Gasteiger charge is 2.54. The van der Waals surface area contributed by atoms with Crippen molar-refractivity contribution >= 4 is 35.0 Å². The normalized spacial score (nSPS) is 17.5. The van der Waals surface area contributed by atoms with Crippen LogP contribution in [0.5, 0.6) is 0 Å². The summed E-state index contributed by atoms with van der Waals surface area (Å²) in [5, 5.41) is 3.60. The van der Waals surface area contributed by atoms with Crippen LogP contribution in [0.15, 0.2) is 84.9 Å². The van der Waals surface area contributed by atoms with Crippen LogP contribution >= 0.6 is 11.6 Å². The molecular weight excluding hydrogens is 500 g/mol. The average Bonchev–Trinajstić information content (AvgIpc) is 3.20. The molecule has 2 heterocycles. The molecule has 38 heavy (non-hydrogen) atoms. The summed E-state index contributed by atoms with van der Waals surface area (Å²) in [6.07, 6.45) is 0.969. The molecule has 2 aliphatic heterocycles. The van der Waals surface area contributed by atoms with Gasteiger partial charge in [0.15, 0.2) is 0 Å². The Morgan fingerprint density at radius 2 is 1.53 bits per heavy atom. The number of likely N-dealkylation sites (tertiary alicyclic amines) is 1. The summed E-state index contributed by atoms with van der Waals surface area (Å²) in [5.74, 6) is -0.336. The van der Waals surface area contributed by atoms with Gasteiger partial charge in [0.05, 0.1) is 12.7 Å². The molecule has 1 spiro atoms. The highest BCUT2D eigenvalue weighted by atomic mass is 35.5. The zero-order chi connectivity index (χ0) is 26.7. The van der Waals surface area contributed by atoms with Gasteiger partial charge in [-0.05, 0) is 61.7 Å². The standard InChI is InChI=1S/C30H31ClN4O3/c1-22(23-8-4-2-5-9-23)32-27(36)20-34-21-35(26-10-6-3-7-11-26)30(29(34)38)16-18-33(19-17-30)28(37)24-12-14-25(31)15-13-24/h2-15,22H,16-21H2,1H3,(H,32,36). The van der Waals surface area contributed by atoms with Crippen molar-refractivity contribution in [3.63, 3.8) is 0 Å². The zero-order valence-corrected chi connectivity index (χ0v) is 22.1. The predicted molar refractivity (Wildman–Crippen MR) is 148 cm³/mol. The largest absolute Gasteiger partial charge is 0.348 e. The van der Waals surface area contributed by atoms with E-state index in [2.05, 4.69) is 10.2 Å². The van der Waals surface area contributed by atoms with Gasteiger partial charge in [0, 0.05) is 29.4 Å². The molecule has 0 bridgehead atoms. The topological polar surface area (TPSA) is 73.0 Å². The Morgan fingerprint density at radius 3 is 2.16 bits per heavy atom. The van der Waals surface area contributed by atoms with E-state index in [1.54, 1.807) is 34.1 Å². The lowest BCUT2D eigenvalue weighted by Crippen LogP contribution is -2.57. The molecule has 0 saturated carbocycles. The predicted octanol–water partition coefficient (Wildman–Crippen LogP) is 4.50. The van der Waals surface area contributed by atoms with E-state index >= 15 is 0 Å². The van der Waals surface area contributed by atoms with E-state index in [0.29, 0.717) is 43.2 Å². The molecular formula is C30H31ClN4O3. The third-order valence-electron chi connectivity index (χ3n) is 7.56. The Bertz CT molecular complexity index is 1290. The molecule has 0 aromatic heterocycles. The SMILES string of the molecule is CC(NC(=O)CN1CN(c2ccccc2)C2(CCN(C(=O)c3ccc(Cl)cc3)CC2)C1=O)c1ccccc1. The van der Waals surface area contributed by atoms with Crippen molar-refractivity contribution in [2.24, 2.45) is 0 Å². The molecule has 1 N–H and O–H groups in total. The van der Waals surface area contributed by atoms with Crippen LogP contribution in [0.1, 0.15) is 41.7 Å². The van der Waals surface area contributed by atoms with E-state index in [9.17, 15) is 14.4 Å². The fourth-order valence-electron chi connectivity index (χ4n) is 5.46. The molecule has 3 aromatic rings. The molecule has 196 valence electrons. The van der Waals surface area contributed by atoms with Gasteiger partial charge in [-0.15, -0.1) is 0 Å². The summed E-state index contributed by atoms with van der Waals surface area (Å²) in [7, 11) is 0. The maximum absolute atomic E-state index is 13.9. The van der Waals surface area contributed by atoms with Crippen molar-refractivity contribution in [3.05, 3.63) is 101 Å². The fraction of sp³-hybridized carbons (Fsp3) is 0.300. The van der Waals surface area contributed by atoms with Gasteiger partial charge in [0.1, 0.15) is 12.1 Å². The molecule has 7 nitrogen and oxygen atoms in total. The van der Waals surface area contributed by atoms with Gasteiger partial charge in [-0.25, -0.2) is 0 Å². The first-order valence-corrected chi connectivity index (χ1v) is 13.3. The lowest BCUT2D eigenvalue weighted by atomic mass is 9.85. The first-order valence-electron chi connectivity index (χ1n) is 12.9. The van der Waals surface area contributed by atoms with Crippen molar-refractivity contribution in [2.75, 3.05) is 31.2 Å². The molecule has 1 atom stereocenters. The summed E-state index contributed by atoms with van der Waals surface area (Å²) in [5.41, 5.74) is 1.71. The third-order valence-corrected chi connectivity index (χ3v) is 7.81. The first-order chi connectivity index (χ1) is 18.4. The maximum atomic E-state index is 13.9. The summed E-state index contributed by atoms with van der Waals surface area (Å²) in [6, 6.07) is 26.3. The number of anilines is 1. The molecule has 2 aliphatic rings. The summed E-state index contributed by atoms with van der Waals surface area (Å²) in [4.78, 5) is 45.5. The minimum Gasteiger partial charge on any atom is -0.348 e. The van der Waals surface area contributed by atoms with Gasteiger partial charge in [-0.1, -0.05) is 60.1 Å². The molecule has 3 amide bonds. The highest BCUT2D eigenvalue weighted by molar-refractivity contribution is 6.30. The van der Waals surface area contributed by atoms with Crippen LogP contribution < -0.4 is 10.2 Å². The van der Waals surface area contributed by atoms with Crippen molar-refractivity contribution in [1.29, 1.82) is 0 Å². The van der Waals surface area contributed by atoms with Gasteiger partial charge >= 0.3 is 0 Å². The van der Waals surface area contributed by atoms with E-state index in [1.165, 1.54) is 0 Å². The highest BCUT2D eigenvalue weighted by Crippen LogP contribution is 2.39. The number of benzene rings is 3. The van der Waals surface area contributed by atoms with E-state index in [0.717, 1.165) is 11.3 Å². The lowest BCUT2D eigenvalue weighted by molar-refractivity contribution is -0.137. The van der Waals surface area contributed by atoms with Gasteiger partial charge < -0.3 is 20.0 Å². The van der Waals surface area contributed by atoms with Crippen LogP contribution in [0.3, 0.4) is 0 Å². The number of hydrogen-bond donors (Lipinski definition) is 1. The smallest absolute Gasteiger partial charge is 0.253 e. The monoisotopic (exact) mass is 530 g/mol. The second kappa shape index (κ2) is 10.9. The number of amides is 3. The molecule has 5 rings (SSSR count). The Labute approximate surface area is 228 Å². The summed E-state index contributed by atoms with van der Waals surface area (Å²) in [6.45, 7) is 3.13. The molecule has 2 fully saturated rings. The maximum Gasteiger partial charge on any atom is 0.253 e. The molecule has 0 aliphatic carbocycles. The van der Waals surface area contributed by atoms with Crippen LogP contribution in [-0.4, -0.2) is 59.4 Å². The molecule has 1 unspecified atom stereocenters. The van der Waals surface area contributed by atoms with Crippen LogP contribution in [0, 0.1) is 0 Å². The summed E-state index contributed by atoms with van der Waals surface area (Å²) < 4.78 is 0. The number of piperidine rings is 1. The minimum absolute atomic E-state index is 0.0193. The lowest BCUT2D eigenvalue weighted by Gasteiger charge is -2.43. The minimum atomic E-state index is -0.802. The number of carbonyl (C=O) groups is 3. The van der Waals surface area contributed by atoms with Crippen LogP contribution in [-0.2, 0) is 9.59 Å². The Hall–Kier alpha value is -3.84. The number of nitrogens with zero attached hydrogens (tertiary/aromatic N) is 3. The fourth-order valence-corrected chi connectivity index (χ4v) is 5.59. The second-order valence-electron chi connectivity index (χ2n) is 9.94. The van der Waals surface area contributed by atoms with Crippen molar-refractivity contribution in [3.8, 4) is 0 Å². The van der Waals surface area contributed by atoms with Crippen molar-refractivity contribution in [1.82, 2.24) is 15.1 Å². The first kappa shape index (κ1) is 25.8. The van der Waals surface area contributed by atoms with Gasteiger partial charge in [0.25, 0.3) is 11.8 Å². The zero-order valence-electron chi connectivity index (χ0n) is 21.3. The van der Waals surface area contributed by atoms with Crippen LogP contribution in [0.4, 0.5) is 5.69 Å². The van der Waals surface area contributed by atoms with E-state index in [1.807, 2.05) is 67.6 Å². The second-order valence-corrected chi connectivity index (χ2v) is 10.4. The van der Waals surface area contributed by atoms with Gasteiger partial charge in [-0.3, -0.25) is 14.4 Å². The third kappa shape index (κ3) is 5.11. The quantitative estimate of drug-likeness (QED) is 0.509. The molecule has 0 radical (unpaired) electrons. The van der Waals surface area contributed by atoms with Crippen LogP contribution in [0.2, 0.25) is 5.02 Å². The van der Waals surface area contributed by atoms with Gasteiger partial charge in [0.2, 0.25) is 5.91 Å². The Balaban J connectivity index is 1.31. The van der Waals surface area contributed by atoms with E-state index < -0.39 is 5.54 Å².